The Morgan fingerprint density at radius 2 is 1.94 bits per heavy atom. The molecule has 1 atom stereocenters. The number of aromatic nitrogens is 4. The highest BCUT2D eigenvalue weighted by Crippen LogP contribution is 2.50. The van der Waals surface area contributed by atoms with E-state index in [0.29, 0.717) is 17.4 Å². The lowest BCUT2D eigenvalue weighted by molar-refractivity contribution is -0.140. The van der Waals surface area contributed by atoms with Crippen LogP contribution in [0.15, 0.2) is 64.5 Å². The summed E-state index contributed by atoms with van der Waals surface area (Å²) in [5.41, 5.74) is 3.06. The third-order valence-corrected chi connectivity index (χ3v) is 7.16. The highest BCUT2D eigenvalue weighted by atomic mass is 32.2. The van der Waals surface area contributed by atoms with Crippen molar-refractivity contribution in [2.45, 2.75) is 29.8 Å². The minimum Gasteiger partial charge on any atom is -0.480 e. The van der Waals surface area contributed by atoms with Gasteiger partial charge in [-0.05, 0) is 35.8 Å². The Bertz CT molecular complexity index is 1410. The average Bonchev–Trinajstić information content (AvgIpc) is 3.31. The van der Waals surface area contributed by atoms with Gasteiger partial charge in [0.1, 0.15) is 11.7 Å². The van der Waals surface area contributed by atoms with Gasteiger partial charge in [-0.2, -0.15) is 0 Å². The number of nitrogens with zero attached hydrogens (tertiary/aromatic N) is 4. The fourth-order valence-electron chi connectivity index (χ4n) is 4.36. The van der Waals surface area contributed by atoms with E-state index in [4.69, 9.17) is 0 Å². The van der Waals surface area contributed by atoms with Crippen LogP contribution in [0.25, 0.3) is 27.7 Å². The molecule has 2 aliphatic rings. The van der Waals surface area contributed by atoms with Crippen molar-refractivity contribution in [1.29, 1.82) is 0 Å². The fraction of sp³-hybridized carbons (Fsp3) is 0.217. The molecule has 1 aliphatic carbocycles. The Hall–Kier alpha value is -3.39. The predicted octanol–water partition coefficient (Wildman–Crippen LogP) is 3.86. The summed E-state index contributed by atoms with van der Waals surface area (Å²) in [7, 11) is 0. The number of carboxylic acids is 1. The van der Waals surface area contributed by atoms with E-state index in [1.807, 2.05) is 36.5 Å². The van der Waals surface area contributed by atoms with Crippen LogP contribution in [-0.4, -0.2) is 36.4 Å². The number of thioether (sulfide) groups is 1. The molecule has 0 amide bonds. The first-order valence-corrected chi connectivity index (χ1v) is 11.2. The summed E-state index contributed by atoms with van der Waals surface area (Å²) in [5, 5.41) is 21.2. The van der Waals surface area contributed by atoms with Gasteiger partial charge in [-0.1, -0.05) is 41.6 Å². The van der Waals surface area contributed by atoms with Gasteiger partial charge in [0, 0.05) is 22.8 Å². The molecule has 4 aromatic rings. The van der Waals surface area contributed by atoms with Crippen LogP contribution in [-0.2, 0) is 4.79 Å². The number of rotatable bonds is 4. The minimum atomic E-state index is -0.968. The molecule has 0 radical (unpaired) electrons. The molecule has 0 saturated heterocycles. The number of benzene rings is 2. The van der Waals surface area contributed by atoms with E-state index in [-0.39, 0.29) is 5.56 Å². The highest BCUT2D eigenvalue weighted by Gasteiger charge is 2.38. The van der Waals surface area contributed by atoms with Gasteiger partial charge in [-0.25, -0.2) is 9.48 Å². The molecule has 8 heteroatoms. The van der Waals surface area contributed by atoms with Crippen LogP contribution >= 0.6 is 11.8 Å². The van der Waals surface area contributed by atoms with Gasteiger partial charge in [0.15, 0.2) is 0 Å². The number of fused-ring (bicyclic) bond motifs is 2. The third kappa shape index (κ3) is 2.90. The number of hydrogen-bond acceptors (Lipinski definition) is 5. The molecule has 1 N–H and O–H groups in total. The normalized spacial score (nSPS) is 17.7. The maximum absolute atomic E-state index is 12.9. The Labute approximate surface area is 181 Å². The standard InChI is InChI=1S/C23H18N4O3S/c28-20-10-16(21(14-8-9-14)22-27(20)19(12-31-22)23(29)30)17-11-26(25-24-17)18-7-3-5-13-4-1-2-6-15(13)18/h1-7,10-11,14,19H,8-9,12H2,(H,29,30). The van der Waals surface area contributed by atoms with Gasteiger partial charge >= 0.3 is 5.97 Å². The first kappa shape index (κ1) is 18.4. The van der Waals surface area contributed by atoms with E-state index in [1.54, 1.807) is 4.68 Å². The van der Waals surface area contributed by atoms with Gasteiger partial charge in [0.2, 0.25) is 0 Å². The van der Waals surface area contributed by atoms with E-state index >= 15 is 0 Å². The van der Waals surface area contributed by atoms with Crippen LogP contribution in [0.4, 0.5) is 0 Å². The Kier molecular flexibility index (Phi) is 4.04. The van der Waals surface area contributed by atoms with Crippen LogP contribution in [0, 0.1) is 0 Å². The zero-order chi connectivity index (χ0) is 21.1. The lowest BCUT2D eigenvalue weighted by Crippen LogP contribution is -2.29. The molecule has 0 spiro atoms. The molecule has 6 rings (SSSR count). The Morgan fingerprint density at radius 3 is 2.74 bits per heavy atom. The largest absolute Gasteiger partial charge is 0.480 e. The van der Waals surface area contributed by atoms with E-state index in [0.717, 1.165) is 45.5 Å². The van der Waals surface area contributed by atoms with E-state index in [9.17, 15) is 14.7 Å². The summed E-state index contributed by atoms with van der Waals surface area (Å²) in [6.45, 7) is 0. The quantitative estimate of drug-likeness (QED) is 0.529. The van der Waals surface area contributed by atoms with Gasteiger partial charge in [-0.15, -0.1) is 16.9 Å². The summed E-state index contributed by atoms with van der Waals surface area (Å²) in [5.74, 6) is -0.263. The van der Waals surface area contributed by atoms with Crippen LogP contribution in [0.1, 0.15) is 30.4 Å². The van der Waals surface area contributed by atoms with Crippen molar-refractivity contribution in [2.24, 2.45) is 0 Å². The van der Waals surface area contributed by atoms with Gasteiger partial charge in [-0.3, -0.25) is 9.36 Å². The van der Waals surface area contributed by atoms with Crippen molar-refractivity contribution < 1.29 is 9.90 Å². The smallest absolute Gasteiger partial charge is 0.327 e. The maximum Gasteiger partial charge on any atom is 0.327 e. The van der Waals surface area contributed by atoms with Crippen molar-refractivity contribution in [3.63, 3.8) is 0 Å². The van der Waals surface area contributed by atoms with Gasteiger partial charge in [0.25, 0.3) is 5.56 Å². The second-order valence-corrected chi connectivity index (χ2v) is 8.98. The van der Waals surface area contributed by atoms with E-state index in [2.05, 4.69) is 22.4 Å². The second kappa shape index (κ2) is 6.81. The van der Waals surface area contributed by atoms with Crippen LogP contribution in [0.5, 0.6) is 0 Å². The maximum atomic E-state index is 12.9. The molecule has 7 nitrogen and oxygen atoms in total. The number of aliphatic carboxylic acids is 1. The molecular formula is C23H18N4O3S. The van der Waals surface area contributed by atoms with Crippen molar-refractivity contribution in [2.75, 3.05) is 5.75 Å². The first-order chi connectivity index (χ1) is 15.1. The molecule has 31 heavy (non-hydrogen) atoms. The molecule has 2 aromatic carbocycles. The minimum absolute atomic E-state index is 0.300. The number of hydrogen-bond donors (Lipinski definition) is 1. The summed E-state index contributed by atoms with van der Waals surface area (Å²) in [6, 6.07) is 14.9. The monoisotopic (exact) mass is 430 g/mol. The molecule has 1 fully saturated rings. The molecule has 1 saturated carbocycles. The topological polar surface area (TPSA) is 90.0 Å². The van der Waals surface area contributed by atoms with E-state index < -0.39 is 12.0 Å². The van der Waals surface area contributed by atoms with Crippen molar-refractivity contribution >= 4 is 28.5 Å². The van der Waals surface area contributed by atoms with Crippen molar-refractivity contribution in [3.8, 4) is 16.9 Å². The summed E-state index contributed by atoms with van der Waals surface area (Å²) in [4.78, 5) is 24.5. The number of carbonyl (C=O) groups is 1. The third-order valence-electron chi connectivity index (χ3n) is 5.99. The average molecular weight is 430 g/mol. The number of carboxylic acid groups (broad SMARTS) is 1. The summed E-state index contributed by atoms with van der Waals surface area (Å²) >= 11 is 1.45. The molecule has 0 bridgehead atoms. The first-order valence-electron chi connectivity index (χ1n) is 10.2. The Balaban J connectivity index is 1.51. The number of pyridine rings is 1. The predicted molar refractivity (Wildman–Crippen MR) is 118 cm³/mol. The molecular weight excluding hydrogens is 412 g/mol. The molecule has 154 valence electrons. The lowest BCUT2D eigenvalue weighted by Gasteiger charge is -2.14. The SMILES string of the molecule is O=C(O)C1CSc2c(C3CC3)c(-c3cn(-c4cccc5ccccc45)nn3)cc(=O)n21. The van der Waals surface area contributed by atoms with E-state index in [1.165, 1.54) is 22.4 Å². The van der Waals surface area contributed by atoms with Crippen LogP contribution in [0.3, 0.4) is 0 Å². The summed E-state index contributed by atoms with van der Waals surface area (Å²) in [6.07, 6.45) is 3.93. The highest BCUT2D eigenvalue weighted by molar-refractivity contribution is 7.99. The van der Waals surface area contributed by atoms with Crippen LogP contribution < -0.4 is 5.56 Å². The van der Waals surface area contributed by atoms with Gasteiger partial charge < -0.3 is 5.11 Å². The lowest BCUT2D eigenvalue weighted by atomic mass is 10.0. The second-order valence-electron chi connectivity index (χ2n) is 7.97. The molecule has 3 heterocycles. The summed E-state index contributed by atoms with van der Waals surface area (Å²) < 4.78 is 3.19. The molecule has 1 aliphatic heterocycles. The molecule has 1 unspecified atom stereocenters. The van der Waals surface area contributed by atoms with Crippen molar-refractivity contribution in [1.82, 2.24) is 19.6 Å². The van der Waals surface area contributed by atoms with Gasteiger partial charge in [0.05, 0.1) is 16.9 Å². The van der Waals surface area contributed by atoms with Crippen molar-refractivity contribution in [3.05, 3.63) is 70.6 Å². The zero-order valence-corrected chi connectivity index (χ0v) is 17.2. The Morgan fingerprint density at radius 1 is 1.13 bits per heavy atom. The van der Waals surface area contributed by atoms with Crippen LogP contribution in [0.2, 0.25) is 0 Å². The molecule has 2 aromatic heterocycles. The zero-order valence-electron chi connectivity index (χ0n) is 16.4. The fourth-order valence-corrected chi connectivity index (χ4v) is 5.76.